The van der Waals surface area contributed by atoms with Gasteiger partial charge in [-0.25, -0.2) is 9.37 Å². The van der Waals surface area contributed by atoms with Crippen LogP contribution in [0.2, 0.25) is 0 Å². The van der Waals surface area contributed by atoms with Crippen molar-refractivity contribution in [2.75, 3.05) is 0 Å². The normalized spacial score (nSPS) is 11.0. The minimum Gasteiger partial charge on any atom is -0.349 e. The molecule has 0 radical (unpaired) electrons. The predicted octanol–water partition coefficient (Wildman–Crippen LogP) is 4.32. The molecular formula is C25H20FN5O. The molecule has 0 unspecified atom stereocenters. The van der Waals surface area contributed by atoms with E-state index >= 15 is 0 Å². The highest BCUT2D eigenvalue weighted by Crippen LogP contribution is 2.23. The van der Waals surface area contributed by atoms with E-state index in [-0.39, 0.29) is 11.7 Å². The lowest BCUT2D eigenvalue weighted by Crippen LogP contribution is -2.23. The number of benzene rings is 1. The molecule has 0 saturated carbocycles. The van der Waals surface area contributed by atoms with Crippen LogP contribution in [0.1, 0.15) is 21.6 Å². The van der Waals surface area contributed by atoms with Gasteiger partial charge in [-0.05, 0) is 47.5 Å². The van der Waals surface area contributed by atoms with Crippen LogP contribution in [0.15, 0.2) is 91.6 Å². The molecule has 1 amide bonds. The summed E-state index contributed by atoms with van der Waals surface area (Å²) in [5.41, 5.74) is 3.90. The lowest BCUT2D eigenvalue weighted by atomic mass is 10.2. The first-order valence-electron chi connectivity index (χ1n) is 10.2. The van der Waals surface area contributed by atoms with E-state index in [0.717, 1.165) is 22.2 Å². The van der Waals surface area contributed by atoms with Crippen LogP contribution < -0.4 is 5.32 Å². The van der Waals surface area contributed by atoms with Crippen LogP contribution >= 0.6 is 0 Å². The van der Waals surface area contributed by atoms with Crippen molar-refractivity contribution in [1.29, 1.82) is 0 Å². The predicted molar refractivity (Wildman–Crippen MR) is 120 cm³/mol. The van der Waals surface area contributed by atoms with Crippen molar-refractivity contribution in [2.24, 2.45) is 0 Å². The molecule has 0 fully saturated rings. The molecule has 5 rings (SSSR count). The highest BCUT2D eigenvalue weighted by molar-refractivity contribution is 6.00. The lowest BCUT2D eigenvalue weighted by molar-refractivity contribution is 0.0948. The smallest absolute Gasteiger partial charge is 0.272 e. The Balaban J connectivity index is 1.41. The van der Waals surface area contributed by atoms with Crippen molar-refractivity contribution in [3.63, 3.8) is 0 Å². The van der Waals surface area contributed by atoms with E-state index in [1.165, 1.54) is 12.1 Å². The molecule has 1 aromatic carbocycles. The topological polar surface area (TPSA) is 64.2 Å². The van der Waals surface area contributed by atoms with E-state index < -0.39 is 0 Å². The Morgan fingerprint density at radius 2 is 1.84 bits per heavy atom. The fraction of sp³-hybridized carbons (Fsp3) is 0.0800. The number of nitrogens with zero attached hydrogens (tertiary/aromatic N) is 4. The van der Waals surface area contributed by atoms with Gasteiger partial charge in [-0.3, -0.25) is 14.2 Å². The van der Waals surface area contributed by atoms with Crippen LogP contribution in [0, 0.1) is 5.82 Å². The second-order valence-corrected chi connectivity index (χ2v) is 7.48. The van der Waals surface area contributed by atoms with E-state index in [1.54, 1.807) is 18.3 Å². The van der Waals surface area contributed by atoms with E-state index in [2.05, 4.69) is 19.9 Å². The van der Waals surface area contributed by atoms with Gasteiger partial charge >= 0.3 is 0 Å². The minimum atomic E-state index is -0.305. The number of hydrogen-bond acceptors (Lipinski definition) is 3. The van der Waals surface area contributed by atoms with Crippen molar-refractivity contribution in [1.82, 2.24) is 24.3 Å². The minimum absolute atomic E-state index is 0.279. The Kier molecular flexibility index (Phi) is 5.21. The first-order valence-corrected chi connectivity index (χ1v) is 10.2. The summed E-state index contributed by atoms with van der Waals surface area (Å²) < 4.78 is 17.1. The highest BCUT2D eigenvalue weighted by Gasteiger charge is 2.18. The molecule has 6 nitrogen and oxygen atoms in total. The molecule has 0 aliphatic rings. The largest absolute Gasteiger partial charge is 0.349 e. The Morgan fingerprint density at radius 3 is 2.66 bits per heavy atom. The summed E-state index contributed by atoms with van der Waals surface area (Å²) in [5.74, 6) is 0.108. The second-order valence-electron chi connectivity index (χ2n) is 7.48. The number of carbonyl (C=O) groups excluding carboxylic acids is 1. The molecule has 0 atom stereocenters. The highest BCUT2D eigenvalue weighted by atomic mass is 19.1. The van der Waals surface area contributed by atoms with Gasteiger partial charge in [-0.1, -0.05) is 24.3 Å². The van der Waals surface area contributed by atoms with Crippen LogP contribution in [-0.2, 0) is 13.1 Å². The van der Waals surface area contributed by atoms with Gasteiger partial charge in [0.05, 0.1) is 5.52 Å². The van der Waals surface area contributed by atoms with E-state index in [1.807, 2.05) is 65.6 Å². The van der Waals surface area contributed by atoms with E-state index in [9.17, 15) is 9.18 Å². The van der Waals surface area contributed by atoms with Gasteiger partial charge in [-0.2, -0.15) is 0 Å². The first-order chi connectivity index (χ1) is 15.7. The van der Waals surface area contributed by atoms with Gasteiger partial charge in [0.15, 0.2) is 5.69 Å². The number of fused-ring (bicyclic) bond motifs is 1. The number of hydrogen-bond donors (Lipinski definition) is 1. The molecule has 4 heterocycles. The third kappa shape index (κ3) is 4.00. The van der Waals surface area contributed by atoms with Crippen molar-refractivity contribution >= 4 is 11.4 Å². The molecule has 32 heavy (non-hydrogen) atoms. The van der Waals surface area contributed by atoms with Gasteiger partial charge in [0.1, 0.15) is 11.6 Å². The summed E-state index contributed by atoms with van der Waals surface area (Å²) in [6.07, 6.45) is 9.49. The molecule has 1 N–H and O–H groups in total. The van der Waals surface area contributed by atoms with Crippen LogP contribution in [0.5, 0.6) is 0 Å². The van der Waals surface area contributed by atoms with Crippen molar-refractivity contribution in [3.05, 3.63) is 114 Å². The van der Waals surface area contributed by atoms with Gasteiger partial charge in [-0.15, -0.1) is 0 Å². The second kappa shape index (κ2) is 8.47. The van der Waals surface area contributed by atoms with Crippen LogP contribution in [0.4, 0.5) is 4.39 Å². The maximum absolute atomic E-state index is 13.1. The molecular weight excluding hydrogens is 405 g/mol. The van der Waals surface area contributed by atoms with Crippen molar-refractivity contribution in [3.8, 4) is 11.4 Å². The summed E-state index contributed by atoms with van der Waals surface area (Å²) >= 11 is 0. The molecule has 0 bridgehead atoms. The quantitative estimate of drug-likeness (QED) is 0.441. The molecule has 0 saturated heterocycles. The molecule has 4 aromatic heterocycles. The van der Waals surface area contributed by atoms with Crippen LogP contribution in [-0.4, -0.2) is 24.8 Å². The number of carbonyl (C=O) groups is 1. The number of aromatic nitrogens is 4. The standard InChI is InChI=1S/C25H20FN5O/c26-21-8-6-18(7-9-21)15-28-25(32)23-22-5-1-2-12-31(22)24(29-23)20-10-13-30(17-20)16-19-4-3-11-27-14-19/h1-14,17H,15-16H2,(H,28,32). The molecule has 0 aliphatic carbocycles. The fourth-order valence-corrected chi connectivity index (χ4v) is 3.65. The monoisotopic (exact) mass is 425 g/mol. The van der Waals surface area contributed by atoms with Crippen molar-refractivity contribution < 1.29 is 9.18 Å². The molecule has 0 aliphatic heterocycles. The average molecular weight is 425 g/mol. The number of imidazole rings is 1. The van der Waals surface area contributed by atoms with Gasteiger partial charge in [0.25, 0.3) is 5.91 Å². The molecule has 158 valence electrons. The molecule has 0 spiro atoms. The van der Waals surface area contributed by atoms with E-state index in [0.29, 0.717) is 24.6 Å². The summed E-state index contributed by atoms with van der Waals surface area (Å²) in [6.45, 7) is 0.990. The number of halogens is 1. The van der Waals surface area contributed by atoms with Crippen LogP contribution in [0.3, 0.4) is 0 Å². The average Bonchev–Trinajstić information content (AvgIpc) is 3.44. The van der Waals surface area contributed by atoms with Gasteiger partial charge in [0, 0.05) is 49.6 Å². The SMILES string of the molecule is O=C(NCc1ccc(F)cc1)c1nc(-c2ccn(Cc3cccnc3)c2)n2ccccc12. The van der Waals surface area contributed by atoms with Gasteiger partial charge in [0.2, 0.25) is 0 Å². The zero-order chi connectivity index (χ0) is 21.9. The zero-order valence-electron chi connectivity index (χ0n) is 17.1. The van der Waals surface area contributed by atoms with E-state index in [4.69, 9.17) is 0 Å². The maximum atomic E-state index is 13.1. The zero-order valence-corrected chi connectivity index (χ0v) is 17.1. The molecule has 5 aromatic rings. The number of amides is 1. The summed E-state index contributed by atoms with van der Waals surface area (Å²) in [5, 5.41) is 2.88. The summed E-state index contributed by atoms with van der Waals surface area (Å²) in [6, 6.07) is 17.6. The summed E-state index contributed by atoms with van der Waals surface area (Å²) in [7, 11) is 0. The number of pyridine rings is 2. The molecule has 7 heteroatoms. The first kappa shape index (κ1) is 19.7. The Morgan fingerprint density at radius 1 is 0.969 bits per heavy atom. The Bertz CT molecular complexity index is 1370. The number of nitrogens with one attached hydrogen (secondary N) is 1. The number of rotatable bonds is 6. The third-order valence-corrected chi connectivity index (χ3v) is 5.23. The van der Waals surface area contributed by atoms with Crippen LogP contribution in [0.25, 0.3) is 16.9 Å². The Hall–Kier alpha value is -4.26. The fourth-order valence-electron chi connectivity index (χ4n) is 3.65. The summed E-state index contributed by atoms with van der Waals surface area (Å²) in [4.78, 5) is 21.7. The lowest BCUT2D eigenvalue weighted by Gasteiger charge is -2.04. The van der Waals surface area contributed by atoms with Gasteiger partial charge < -0.3 is 9.88 Å². The third-order valence-electron chi connectivity index (χ3n) is 5.23. The maximum Gasteiger partial charge on any atom is 0.272 e. The Labute approximate surface area is 184 Å². The van der Waals surface area contributed by atoms with Crippen molar-refractivity contribution in [2.45, 2.75) is 13.1 Å².